The predicted octanol–water partition coefficient (Wildman–Crippen LogP) is 1.98. The van der Waals surface area contributed by atoms with Gasteiger partial charge in [0.2, 0.25) is 0 Å². The number of hydrogen-bond acceptors (Lipinski definition) is 0. The standard InChI is InChI=1S/C8H6/c1-2-4-6-8-7-5-3-1/h1-6H/b2-1?,3-1-,4-2-,5-3?,6-4?. The average Bonchev–Trinajstić information content (AvgIpc) is 1.62. The highest BCUT2D eigenvalue weighted by atomic mass is 13.7. The van der Waals surface area contributed by atoms with Crippen LogP contribution in [0.4, 0.5) is 0 Å². The fraction of sp³-hybridized carbons (Fsp3) is 0. The molecule has 0 aromatic carbocycles. The number of hydrogen-bond donors (Lipinski definition) is 0. The summed E-state index contributed by atoms with van der Waals surface area (Å²) in [6.45, 7) is 0. The van der Waals surface area contributed by atoms with Gasteiger partial charge < -0.3 is 0 Å². The molecule has 1 aliphatic carbocycles. The van der Waals surface area contributed by atoms with Crippen molar-refractivity contribution in [3.63, 3.8) is 0 Å². The van der Waals surface area contributed by atoms with Gasteiger partial charge in [0.05, 0.1) is 0 Å². The van der Waals surface area contributed by atoms with Gasteiger partial charge in [-0.25, -0.2) is 0 Å². The van der Waals surface area contributed by atoms with Crippen molar-refractivity contribution < 1.29 is 0 Å². The van der Waals surface area contributed by atoms with E-state index in [9.17, 15) is 0 Å². The summed E-state index contributed by atoms with van der Waals surface area (Å²) in [6, 6.07) is 0. The largest absolute Gasteiger partial charge is 0.0702 e. The highest BCUT2D eigenvalue weighted by Crippen LogP contribution is 1.81. The zero-order chi connectivity index (χ0) is 5.66. The molecule has 1 aliphatic rings. The molecule has 0 heteroatoms. The maximum Gasteiger partial charge on any atom is -0.0115 e. The zero-order valence-corrected chi connectivity index (χ0v) is 4.46. The Balaban J connectivity index is 2.98. The van der Waals surface area contributed by atoms with Gasteiger partial charge in [-0.15, -0.1) is 0 Å². The van der Waals surface area contributed by atoms with Gasteiger partial charge in [-0.1, -0.05) is 35.8 Å². The van der Waals surface area contributed by atoms with E-state index in [1.54, 1.807) is 0 Å². The minimum atomic E-state index is 1.82. The van der Waals surface area contributed by atoms with Crippen LogP contribution < -0.4 is 0 Å². The van der Waals surface area contributed by atoms with Crippen molar-refractivity contribution >= 4 is 0 Å². The lowest BCUT2D eigenvalue weighted by atomic mass is 10.4. The number of rotatable bonds is 0. The van der Waals surface area contributed by atoms with Gasteiger partial charge in [0, 0.05) is 0 Å². The summed E-state index contributed by atoms with van der Waals surface area (Å²) < 4.78 is 0. The predicted molar refractivity (Wildman–Crippen MR) is 34.4 cm³/mol. The molecular formula is C8H6. The Kier molecular flexibility index (Phi) is 1.77. The first kappa shape index (κ1) is 4.93. The van der Waals surface area contributed by atoms with Crippen LogP contribution in [0.1, 0.15) is 0 Å². The molecule has 0 heterocycles. The van der Waals surface area contributed by atoms with Gasteiger partial charge in [-0.2, -0.15) is 0 Å². The minimum Gasteiger partial charge on any atom is -0.0702 e. The van der Waals surface area contributed by atoms with Crippen molar-refractivity contribution in [1.82, 2.24) is 0 Å². The molecule has 0 unspecified atom stereocenters. The lowest BCUT2D eigenvalue weighted by Gasteiger charge is -1.70. The van der Waals surface area contributed by atoms with Crippen LogP contribution in [-0.4, -0.2) is 0 Å². The van der Waals surface area contributed by atoms with Gasteiger partial charge in [-0.3, -0.25) is 0 Å². The first-order chi connectivity index (χ1) is 4.00. The lowest BCUT2D eigenvalue weighted by Crippen LogP contribution is -1.50. The van der Waals surface area contributed by atoms with Gasteiger partial charge in [0.25, 0.3) is 0 Å². The summed E-state index contributed by atoms with van der Waals surface area (Å²) in [6.07, 6.45) is 11.4. The smallest absolute Gasteiger partial charge is 0.0115 e. The van der Waals surface area contributed by atoms with Crippen LogP contribution >= 0.6 is 0 Å². The van der Waals surface area contributed by atoms with Crippen molar-refractivity contribution in [2.75, 3.05) is 0 Å². The molecule has 0 saturated heterocycles. The monoisotopic (exact) mass is 102 g/mol. The molecule has 0 radical (unpaired) electrons. The van der Waals surface area contributed by atoms with E-state index in [0.29, 0.717) is 0 Å². The molecule has 38 valence electrons. The molecule has 0 fully saturated rings. The number of allylic oxidation sites excluding steroid dienone is 6. The third-order valence-corrected chi connectivity index (χ3v) is 0.776. The Labute approximate surface area is 48.8 Å². The maximum atomic E-state index is 2.82. The topological polar surface area (TPSA) is 0 Å². The third-order valence-electron chi connectivity index (χ3n) is 0.776. The molecule has 0 aliphatic heterocycles. The molecule has 0 atom stereocenters. The van der Waals surface area contributed by atoms with Crippen molar-refractivity contribution in [3.05, 3.63) is 47.9 Å². The second-order valence-corrected chi connectivity index (χ2v) is 1.39. The molecule has 1 rings (SSSR count). The molecule has 0 nitrogen and oxygen atoms in total. The summed E-state index contributed by atoms with van der Waals surface area (Å²) >= 11 is 0. The fourth-order valence-corrected chi connectivity index (χ4v) is 0.432. The molecule has 0 spiro atoms. The van der Waals surface area contributed by atoms with E-state index in [2.05, 4.69) is 11.5 Å². The first-order valence-corrected chi connectivity index (χ1v) is 2.49. The Morgan fingerprint density at radius 2 is 1.12 bits per heavy atom. The summed E-state index contributed by atoms with van der Waals surface area (Å²) in [5, 5.41) is 0. The highest BCUT2D eigenvalue weighted by Gasteiger charge is 1.61. The summed E-state index contributed by atoms with van der Waals surface area (Å²) in [7, 11) is 0. The van der Waals surface area contributed by atoms with Crippen molar-refractivity contribution in [1.29, 1.82) is 0 Å². The van der Waals surface area contributed by atoms with Crippen LogP contribution in [0.3, 0.4) is 0 Å². The lowest BCUT2D eigenvalue weighted by molar-refractivity contribution is 1.86. The van der Waals surface area contributed by atoms with E-state index < -0.39 is 0 Å². The summed E-state index contributed by atoms with van der Waals surface area (Å²) in [5.74, 6) is 0. The molecule has 0 amide bonds. The molecule has 0 N–H and O–H groups in total. The van der Waals surface area contributed by atoms with Crippen LogP contribution in [0.2, 0.25) is 0 Å². The van der Waals surface area contributed by atoms with E-state index in [-0.39, 0.29) is 0 Å². The normalized spacial score (nSPS) is 22.0. The third kappa shape index (κ3) is 1.49. The summed E-state index contributed by atoms with van der Waals surface area (Å²) in [5.41, 5.74) is 5.64. The zero-order valence-electron chi connectivity index (χ0n) is 4.46. The van der Waals surface area contributed by atoms with E-state index in [4.69, 9.17) is 0 Å². The molecule has 0 aromatic heterocycles. The summed E-state index contributed by atoms with van der Waals surface area (Å²) in [4.78, 5) is 0. The Morgan fingerprint density at radius 3 is 1.62 bits per heavy atom. The van der Waals surface area contributed by atoms with Gasteiger partial charge >= 0.3 is 0 Å². The van der Waals surface area contributed by atoms with E-state index >= 15 is 0 Å². The second kappa shape index (κ2) is 2.87. The van der Waals surface area contributed by atoms with Crippen LogP contribution in [-0.2, 0) is 0 Å². The van der Waals surface area contributed by atoms with Crippen molar-refractivity contribution in [2.24, 2.45) is 0 Å². The van der Waals surface area contributed by atoms with Gasteiger partial charge in [-0.05, 0) is 12.2 Å². The SMILES string of the molecule is C1=C=C/C=C\C=C/C=1. The van der Waals surface area contributed by atoms with Crippen LogP contribution in [0.25, 0.3) is 0 Å². The first-order valence-electron chi connectivity index (χ1n) is 2.49. The van der Waals surface area contributed by atoms with Gasteiger partial charge in [0.1, 0.15) is 0 Å². The Morgan fingerprint density at radius 1 is 0.625 bits per heavy atom. The molecule has 0 aromatic rings. The van der Waals surface area contributed by atoms with Crippen LogP contribution in [0, 0.1) is 0 Å². The Bertz CT molecular complexity index is 180. The average molecular weight is 102 g/mol. The van der Waals surface area contributed by atoms with Crippen LogP contribution in [0.5, 0.6) is 0 Å². The highest BCUT2D eigenvalue weighted by molar-refractivity contribution is 5.17. The molecule has 0 saturated carbocycles. The minimum absolute atomic E-state index is 1.82. The maximum absolute atomic E-state index is 2.82. The fourth-order valence-electron chi connectivity index (χ4n) is 0.432. The molecular weight excluding hydrogens is 96.1 g/mol. The van der Waals surface area contributed by atoms with Crippen molar-refractivity contribution in [2.45, 2.75) is 0 Å². The van der Waals surface area contributed by atoms with Gasteiger partial charge in [0.15, 0.2) is 0 Å². The van der Waals surface area contributed by atoms with Crippen LogP contribution in [0.15, 0.2) is 47.9 Å². The van der Waals surface area contributed by atoms with E-state index in [1.165, 1.54) is 0 Å². The van der Waals surface area contributed by atoms with E-state index in [0.717, 1.165) is 0 Å². The van der Waals surface area contributed by atoms with E-state index in [1.807, 2.05) is 36.5 Å². The molecule has 8 heavy (non-hydrogen) atoms. The Hall–Kier alpha value is -1.22. The second-order valence-electron chi connectivity index (χ2n) is 1.39. The molecule has 0 bridgehead atoms. The van der Waals surface area contributed by atoms with Crippen molar-refractivity contribution in [3.8, 4) is 0 Å². The quantitative estimate of drug-likeness (QED) is 0.410.